The van der Waals surface area contributed by atoms with Gasteiger partial charge in [-0.05, 0) is 18.8 Å². The van der Waals surface area contributed by atoms with Gasteiger partial charge in [0.1, 0.15) is 0 Å². The number of rotatable bonds is 12. The van der Waals surface area contributed by atoms with Crippen LogP contribution < -0.4 is 5.32 Å². The monoisotopic (exact) mass is 271 g/mol. The zero-order valence-electron chi connectivity index (χ0n) is 12.4. The first-order valence-corrected chi connectivity index (χ1v) is 7.51. The molecular weight excluding hydrogens is 242 g/mol. The van der Waals surface area contributed by atoms with E-state index in [4.69, 9.17) is 5.11 Å². The van der Waals surface area contributed by atoms with Crippen molar-refractivity contribution in [2.24, 2.45) is 5.92 Å². The van der Waals surface area contributed by atoms with Crippen molar-refractivity contribution >= 4 is 11.9 Å². The Hall–Kier alpha value is -1.06. The lowest BCUT2D eigenvalue weighted by Gasteiger charge is -2.06. The van der Waals surface area contributed by atoms with Crippen LogP contribution in [-0.2, 0) is 9.59 Å². The normalized spacial score (nSPS) is 10.7. The molecule has 112 valence electrons. The average Bonchev–Trinajstić information content (AvgIpc) is 2.30. The molecule has 0 heterocycles. The Labute approximate surface area is 117 Å². The van der Waals surface area contributed by atoms with Gasteiger partial charge < -0.3 is 10.4 Å². The van der Waals surface area contributed by atoms with Crippen molar-refractivity contribution < 1.29 is 14.7 Å². The quantitative estimate of drug-likeness (QED) is 0.535. The number of carbonyl (C=O) groups excluding carboxylic acids is 1. The summed E-state index contributed by atoms with van der Waals surface area (Å²) in [6.45, 7) is 4.87. The predicted octanol–water partition coefficient (Wildman–Crippen LogP) is 3.35. The van der Waals surface area contributed by atoms with Gasteiger partial charge in [0.25, 0.3) is 0 Å². The van der Waals surface area contributed by atoms with E-state index in [9.17, 15) is 9.59 Å². The number of carboxylic acid groups (broad SMARTS) is 1. The van der Waals surface area contributed by atoms with Crippen molar-refractivity contribution in [3.63, 3.8) is 0 Å². The molecule has 0 aromatic heterocycles. The predicted molar refractivity (Wildman–Crippen MR) is 77.0 cm³/mol. The molecule has 4 nitrogen and oxygen atoms in total. The van der Waals surface area contributed by atoms with Gasteiger partial charge in [0.2, 0.25) is 5.91 Å². The number of hydrogen-bond acceptors (Lipinski definition) is 2. The highest BCUT2D eigenvalue weighted by Crippen LogP contribution is 2.08. The SMILES string of the molecule is CC(C)CC(=O)NCCCCCCCCCC(=O)O. The van der Waals surface area contributed by atoms with Gasteiger partial charge in [-0.2, -0.15) is 0 Å². The van der Waals surface area contributed by atoms with Crippen molar-refractivity contribution in [1.82, 2.24) is 5.32 Å². The van der Waals surface area contributed by atoms with Gasteiger partial charge >= 0.3 is 5.97 Å². The summed E-state index contributed by atoms with van der Waals surface area (Å²) in [5.74, 6) is -0.119. The van der Waals surface area contributed by atoms with Crippen LogP contribution in [0.15, 0.2) is 0 Å². The molecule has 0 aliphatic carbocycles. The molecule has 0 aromatic carbocycles. The number of carbonyl (C=O) groups is 2. The molecule has 0 atom stereocenters. The van der Waals surface area contributed by atoms with E-state index in [-0.39, 0.29) is 5.91 Å². The second kappa shape index (κ2) is 12.0. The minimum Gasteiger partial charge on any atom is -0.481 e. The Balaban J connectivity index is 3.14. The van der Waals surface area contributed by atoms with Crippen LogP contribution in [-0.4, -0.2) is 23.5 Å². The maximum absolute atomic E-state index is 11.4. The summed E-state index contributed by atoms with van der Waals surface area (Å²) in [5, 5.41) is 11.4. The van der Waals surface area contributed by atoms with Crippen LogP contribution in [0.4, 0.5) is 0 Å². The average molecular weight is 271 g/mol. The fourth-order valence-corrected chi connectivity index (χ4v) is 1.96. The van der Waals surface area contributed by atoms with E-state index in [1.807, 2.05) is 13.8 Å². The summed E-state index contributed by atoms with van der Waals surface area (Å²) in [5.41, 5.74) is 0. The second-order valence-electron chi connectivity index (χ2n) is 5.57. The standard InChI is InChI=1S/C15H29NO3/c1-13(2)12-14(17)16-11-9-7-5-3-4-6-8-10-15(18)19/h13H,3-12H2,1-2H3,(H,16,17)(H,18,19). The summed E-state index contributed by atoms with van der Waals surface area (Å²) in [7, 11) is 0. The fraction of sp³-hybridized carbons (Fsp3) is 0.867. The van der Waals surface area contributed by atoms with Crippen LogP contribution >= 0.6 is 0 Å². The number of unbranched alkanes of at least 4 members (excludes halogenated alkanes) is 6. The molecule has 0 fully saturated rings. The lowest BCUT2D eigenvalue weighted by molar-refractivity contribution is -0.137. The molecule has 4 heteroatoms. The molecular formula is C15H29NO3. The first-order valence-electron chi connectivity index (χ1n) is 7.51. The number of hydrogen-bond donors (Lipinski definition) is 2. The van der Waals surface area contributed by atoms with E-state index in [0.717, 1.165) is 38.6 Å². The van der Waals surface area contributed by atoms with Crippen molar-refractivity contribution in [3.8, 4) is 0 Å². The largest absolute Gasteiger partial charge is 0.481 e. The van der Waals surface area contributed by atoms with Gasteiger partial charge in [-0.1, -0.05) is 46.0 Å². The Morgan fingerprint density at radius 1 is 0.947 bits per heavy atom. The number of amides is 1. The molecule has 0 aliphatic heterocycles. The minimum absolute atomic E-state index is 0.156. The Kier molecular flexibility index (Phi) is 11.3. The van der Waals surface area contributed by atoms with E-state index in [1.165, 1.54) is 12.8 Å². The molecule has 0 aromatic rings. The van der Waals surface area contributed by atoms with E-state index in [0.29, 0.717) is 18.8 Å². The highest BCUT2D eigenvalue weighted by molar-refractivity contribution is 5.75. The van der Waals surface area contributed by atoms with E-state index >= 15 is 0 Å². The molecule has 0 spiro atoms. The topological polar surface area (TPSA) is 66.4 Å². The van der Waals surface area contributed by atoms with Gasteiger partial charge in [-0.25, -0.2) is 0 Å². The summed E-state index contributed by atoms with van der Waals surface area (Å²) in [4.78, 5) is 21.7. The molecule has 0 unspecified atom stereocenters. The van der Waals surface area contributed by atoms with Gasteiger partial charge in [0.05, 0.1) is 0 Å². The van der Waals surface area contributed by atoms with Gasteiger partial charge in [-0.3, -0.25) is 9.59 Å². The van der Waals surface area contributed by atoms with Crippen LogP contribution in [0.25, 0.3) is 0 Å². The van der Waals surface area contributed by atoms with E-state index < -0.39 is 5.97 Å². The third-order valence-corrected chi connectivity index (χ3v) is 2.98. The highest BCUT2D eigenvalue weighted by atomic mass is 16.4. The van der Waals surface area contributed by atoms with Crippen molar-refractivity contribution in [2.75, 3.05) is 6.54 Å². The van der Waals surface area contributed by atoms with Crippen molar-refractivity contribution in [1.29, 1.82) is 0 Å². The zero-order chi connectivity index (χ0) is 14.5. The Morgan fingerprint density at radius 2 is 1.47 bits per heavy atom. The Bertz CT molecular complexity index is 252. The summed E-state index contributed by atoms with van der Waals surface area (Å²) < 4.78 is 0. The zero-order valence-corrected chi connectivity index (χ0v) is 12.4. The van der Waals surface area contributed by atoms with Crippen molar-refractivity contribution in [3.05, 3.63) is 0 Å². The number of aliphatic carboxylic acids is 1. The summed E-state index contributed by atoms with van der Waals surface area (Å²) in [6.07, 6.45) is 8.35. The van der Waals surface area contributed by atoms with Gasteiger partial charge in [-0.15, -0.1) is 0 Å². The maximum atomic E-state index is 11.4. The lowest BCUT2D eigenvalue weighted by Crippen LogP contribution is -2.25. The summed E-state index contributed by atoms with van der Waals surface area (Å²) >= 11 is 0. The van der Waals surface area contributed by atoms with Crippen LogP contribution in [0.1, 0.15) is 71.6 Å². The number of carboxylic acids is 1. The molecule has 0 radical (unpaired) electrons. The molecule has 0 bridgehead atoms. The van der Waals surface area contributed by atoms with E-state index in [1.54, 1.807) is 0 Å². The van der Waals surface area contributed by atoms with Gasteiger partial charge in [0.15, 0.2) is 0 Å². The minimum atomic E-state index is -0.697. The maximum Gasteiger partial charge on any atom is 0.303 e. The van der Waals surface area contributed by atoms with Crippen LogP contribution in [0.3, 0.4) is 0 Å². The lowest BCUT2D eigenvalue weighted by atomic mass is 10.1. The molecule has 0 rings (SSSR count). The Morgan fingerprint density at radius 3 is 2.00 bits per heavy atom. The molecule has 0 saturated carbocycles. The van der Waals surface area contributed by atoms with Crippen molar-refractivity contribution in [2.45, 2.75) is 71.6 Å². The smallest absolute Gasteiger partial charge is 0.303 e. The molecule has 2 N–H and O–H groups in total. The van der Waals surface area contributed by atoms with Crippen LogP contribution in [0.2, 0.25) is 0 Å². The number of nitrogens with one attached hydrogen (secondary N) is 1. The third kappa shape index (κ3) is 14.9. The van der Waals surface area contributed by atoms with E-state index in [2.05, 4.69) is 5.32 Å². The van der Waals surface area contributed by atoms with Crippen LogP contribution in [0.5, 0.6) is 0 Å². The molecule has 0 saturated heterocycles. The molecule has 19 heavy (non-hydrogen) atoms. The summed E-state index contributed by atoms with van der Waals surface area (Å²) in [6, 6.07) is 0. The van der Waals surface area contributed by atoms with Gasteiger partial charge in [0, 0.05) is 19.4 Å². The highest BCUT2D eigenvalue weighted by Gasteiger charge is 2.03. The molecule has 0 aliphatic rings. The second-order valence-corrected chi connectivity index (χ2v) is 5.57. The van der Waals surface area contributed by atoms with Crippen LogP contribution in [0, 0.1) is 5.92 Å². The third-order valence-electron chi connectivity index (χ3n) is 2.98. The molecule has 1 amide bonds. The fourth-order valence-electron chi connectivity index (χ4n) is 1.96. The first kappa shape index (κ1) is 17.9. The first-order chi connectivity index (χ1) is 9.02.